The van der Waals surface area contributed by atoms with Gasteiger partial charge in [-0.05, 0) is 25.1 Å². The molecule has 0 spiro atoms. The standard InChI is InChI=1S/C15H11BrN2O4/c1-8-5-10(18(19)20)7-12-14(8)22-15(17-12)11-6-9(16)3-4-13(11)21-2/h3-7H,1-2H3. The van der Waals surface area contributed by atoms with Crippen molar-refractivity contribution in [3.05, 3.63) is 50.5 Å². The smallest absolute Gasteiger partial charge is 0.272 e. The molecule has 0 bridgehead atoms. The van der Waals surface area contributed by atoms with Crippen LogP contribution < -0.4 is 4.74 Å². The molecule has 0 aliphatic rings. The Morgan fingerprint density at radius 1 is 1.32 bits per heavy atom. The molecule has 22 heavy (non-hydrogen) atoms. The van der Waals surface area contributed by atoms with Crippen LogP contribution in [0.25, 0.3) is 22.6 Å². The van der Waals surface area contributed by atoms with Gasteiger partial charge in [0.1, 0.15) is 11.3 Å². The van der Waals surface area contributed by atoms with Gasteiger partial charge in [-0.2, -0.15) is 0 Å². The summed E-state index contributed by atoms with van der Waals surface area (Å²) in [7, 11) is 1.56. The second kappa shape index (κ2) is 5.42. The van der Waals surface area contributed by atoms with E-state index in [2.05, 4.69) is 20.9 Å². The molecule has 7 heteroatoms. The van der Waals surface area contributed by atoms with Gasteiger partial charge < -0.3 is 9.15 Å². The first-order valence-electron chi connectivity index (χ1n) is 6.39. The van der Waals surface area contributed by atoms with E-state index in [4.69, 9.17) is 9.15 Å². The van der Waals surface area contributed by atoms with Gasteiger partial charge in [0.15, 0.2) is 5.58 Å². The van der Waals surface area contributed by atoms with Crippen LogP contribution in [-0.4, -0.2) is 17.0 Å². The Labute approximate surface area is 134 Å². The van der Waals surface area contributed by atoms with Crippen molar-refractivity contribution in [3.63, 3.8) is 0 Å². The zero-order chi connectivity index (χ0) is 15.9. The molecular formula is C15H11BrN2O4. The Bertz CT molecular complexity index is 889. The molecule has 0 amide bonds. The fraction of sp³-hybridized carbons (Fsp3) is 0.133. The van der Waals surface area contributed by atoms with Gasteiger partial charge in [-0.3, -0.25) is 10.1 Å². The molecule has 0 unspecified atom stereocenters. The van der Waals surface area contributed by atoms with E-state index in [1.165, 1.54) is 12.1 Å². The maximum atomic E-state index is 10.9. The lowest BCUT2D eigenvalue weighted by Gasteiger charge is -2.05. The molecule has 3 aromatic rings. The average Bonchev–Trinajstić information content (AvgIpc) is 2.91. The van der Waals surface area contributed by atoms with Crippen LogP contribution in [0, 0.1) is 17.0 Å². The molecule has 0 saturated carbocycles. The summed E-state index contributed by atoms with van der Waals surface area (Å²) in [6.45, 7) is 1.75. The lowest BCUT2D eigenvalue weighted by atomic mass is 10.2. The summed E-state index contributed by atoms with van der Waals surface area (Å²) in [6.07, 6.45) is 0. The molecule has 112 valence electrons. The number of benzene rings is 2. The number of nitrogens with zero attached hydrogens (tertiary/aromatic N) is 2. The number of nitro groups is 1. The predicted molar refractivity (Wildman–Crippen MR) is 85.1 cm³/mol. The van der Waals surface area contributed by atoms with Gasteiger partial charge in [0.25, 0.3) is 5.69 Å². The zero-order valence-corrected chi connectivity index (χ0v) is 13.4. The van der Waals surface area contributed by atoms with Gasteiger partial charge in [-0.15, -0.1) is 0 Å². The molecular weight excluding hydrogens is 352 g/mol. The summed E-state index contributed by atoms with van der Waals surface area (Å²) < 4.78 is 12.0. The molecule has 2 aromatic carbocycles. The number of fused-ring (bicyclic) bond motifs is 1. The molecule has 0 radical (unpaired) electrons. The van der Waals surface area contributed by atoms with Crippen LogP contribution in [0.15, 0.2) is 39.2 Å². The number of ether oxygens (including phenoxy) is 1. The number of methoxy groups -OCH3 is 1. The molecule has 0 atom stereocenters. The zero-order valence-electron chi connectivity index (χ0n) is 11.8. The first-order chi connectivity index (χ1) is 10.5. The second-order valence-electron chi connectivity index (χ2n) is 4.73. The molecule has 0 saturated heterocycles. The minimum absolute atomic E-state index is 0.00828. The van der Waals surface area contributed by atoms with Gasteiger partial charge >= 0.3 is 0 Å². The van der Waals surface area contributed by atoms with Crippen molar-refractivity contribution < 1.29 is 14.1 Å². The molecule has 1 heterocycles. The van der Waals surface area contributed by atoms with Crippen LogP contribution in [0.2, 0.25) is 0 Å². The number of aryl methyl sites for hydroxylation is 1. The first-order valence-corrected chi connectivity index (χ1v) is 7.18. The van der Waals surface area contributed by atoms with E-state index in [0.717, 1.165) is 4.47 Å². The Balaban J connectivity index is 2.23. The number of rotatable bonds is 3. The summed E-state index contributed by atoms with van der Waals surface area (Å²) in [6, 6.07) is 8.34. The van der Waals surface area contributed by atoms with E-state index in [1.807, 2.05) is 12.1 Å². The van der Waals surface area contributed by atoms with Gasteiger partial charge in [0, 0.05) is 22.2 Å². The molecule has 3 rings (SSSR count). The molecule has 1 aromatic heterocycles. The lowest BCUT2D eigenvalue weighted by molar-refractivity contribution is -0.384. The van der Waals surface area contributed by atoms with Crippen LogP contribution >= 0.6 is 15.9 Å². The SMILES string of the molecule is COc1ccc(Br)cc1-c1nc2cc([N+](=O)[O-])cc(C)c2o1. The summed E-state index contributed by atoms with van der Waals surface area (Å²) in [4.78, 5) is 14.9. The third-order valence-corrected chi connectivity index (χ3v) is 3.76. The van der Waals surface area contributed by atoms with Gasteiger partial charge in [-0.25, -0.2) is 4.98 Å². The fourth-order valence-corrected chi connectivity index (χ4v) is 2.61. The number of hydrogen-bond donors (Lipinski definition) is 0. The summed E-state index contributed by atoms with van der Waals surface area (Å²) >= 11 is 3.40. The maximum Gasteiger partial charge on any atom is 0.272 e. The quantitative estimate of drug-likeness (QED) is 0.506. The number of hydrogen-bond acceptors (Lipinski definition) is 5. The second-order valence-corrected chi connectivity index (χ2v) is 5.65. The Morgan fingerprint density at radius 2 is 2.09 bits per heavy atom. The minimum atomic E-state index is -0.444. The highest BCUT2D eigenvalue weighted by atomic mass is 79.9. The highest BCUT2D eigenvalue weighted by molar-refractivity contribution is 9.10. The van der Waals surface area contributed by atoms with Crippen LogP contribution in [0.4, 0.5) is 5.69 Å². The predicted octanol–water partition coefficient (Wildman–Crippen LogP) is 4.48. The lowest BCUT2D eigenvalue weighted by Crippen LogP contribution is -1.89. The van der Waals surface area contributed by atoms with Crippen molar-refractivity contribution in [2.24, 2.45) is 0 Å². The van der Waals surface area contributed by atoms with E-state index in [9.17, 15) is 10.1 Å². The number of halogens is 1. The number of oxazole rings is 1. The molecule has 0 N–H and O–H groups in total. The van der Waals surface area contributed by atoms with E-state index in [-0.39, 0.29) is 5.69 Å². The van der Waals surface area contributed by atoms with Gasteiger partial charge in [-0.1, -0.05) is 15.9 Å². The summed E-state index contributed by atoms with van der Waals surface area (Å²) in [5, 5.41) is 10.9. The van der Waals surface area contributed by atoms with E-state index >= 15 is 0 Å². The fourth-order valence-electron chi connectivity index (χ4n) is 2.25. The van der Waals surface area contributed by atoms with Crippen molar-refractivity contribution in [1.82, 2.24) is 4.98 Å². The number of aromatic nitrogens is 1. The molecule has 0 aliphatic carbocycles. The van der Waals surface area contributed by atoms with E-state index in [0.29, 0.717) is 33.9 Å². The maximum absolute atomic E-state index is 10.9. The number of non-ortho nitro benzene ring substituents is 1. The average molecular weight is 363 g/mol. The normalized spacial score (nSPS) is 10.9. The van der Waals surface area contributed by atoms with E-state index in [1.54, 1.807) is 20.1 Å². The van der Waals surface area contributed by atoms with Crippen molar-refractivity contribution in [2.45, 2.75) is 6.92 Å². The van der Waals surface area contributed by atoms with Crippen molar-refractivity contribution in [3.8, 4) is 17.2 Å². The Hall–Kier alpha value is -2.41. The van der Waals surface area contributed by atoms with Crippen molar-refractivity contribution >= 4 is 32.7 Å². The largest absolute Gasteiger partial charge is 0.496 e. The minimum Gasteiger partial charge on any atom is -0.496 e. The molecule has 0 aliphatic heterocycles. The summed E-state index contributed by atoms with van der Waals surface area (Å²) in [5.74, 6) is 0.971. The first kappa shape index (κ1) is 14.5. The summed E-state index contributed by atoms with van der Waals surface area (Å²) in [5.41, 5.74) is 2.31. The van der Waals surface area contributed by atoms with Crippen LogP contribution in [0.5, 0.6) is 5.75 Å². The van der Waals surface area contributed by atoms with Crippen LogP contribution in [0.1, 0.15) is 5.56 Å². The highest BCUT2D eigenvalue weighted by Gasteiger charge is 2.18. The molecule has 0 fully saturated rings. The van der Waals surface area contributed by atoms with Crippen molar-refractivity contribution in [1.29, 1.82) is 0 Å². The third kappa shape index (κ3) is 2.43. The third-order valence-electron chi connectivity index (χ3n) is 3.26. The molecule has 6 nitrogen and oxygen atoms in total. The highest BCUT2D eigenvalue weighted by Crippen LogP contribution is 2.35. The Morgan fingerprint density at radius 3 is 2.77 bits per heavy atom. The van der Waals surface area contributed by atoms with Gasteiger partial charge in [0.05, 0.1) is 17.6 Å². The van der Waals surface area contributed by atoms with Gasteiger partial charge in [0.2, 0.25) is 5.89 Å². The Kier molecular flexibility index (Phi) is 3.58. The number of nitro benzene ring substituents is 1. The topological polar surface area (TPSA) is 78.4 Å². The van der Waals surface area contributed by atoms with Crippen molar-refractivity contribution in [2.75, 3.05) is 7.11 Å². The van der Waals surface area contributed by atoms with Crippen LogP contribution in [-0.2, 0) is 0 Å². The van der Waals surface area contributed by atoms with Crippen LogP contribution in [0.3, 0.4) is 0 Å². The van der Waals surface area contributed by atoms with E-state index < -0.39 is 4.92 Å². The monoisotopic (exact) mass is 362 g/mol.